The Hall–Kier alpha value is -1.75. The van der Waals surface area contributed by atoms with Crippen molar-refractivity contribution in [3.8, 4) is 0 Å². The average molecular weight is 290 g/mol. The van der Waals surface area contributed by atoms with Crippen molar-refractivity contribution >= 4 is 17.3 Å². The van der Waals surface area contributed by atoms with Crippen molar-refractivity contribution in [2.75, 3.05) is 44.4 Å². The molecule has 0 radical (unpaired) electrons. The third-order valence-corrected chi connectivity index (χ3v) is 4.18. The molecule has 2 rings (SSSR count). The predicted octanol–water partition coefficient (Wildman–Crippen LogP) is 1.40. The van der Waals surface area contributed by atoms with Crippen LogP contribution in [-0.4, -0.2) is 50.6 Å². The van der Waals surface area contributed by atoms with Gasteiger partial charge in [0.05, 0.1) is 11.3 Å². The molecule has 116 valence electrons. The Morgan fingerprint density at radius 2 is 2.14 bits per heavy atom. The van der Waals surface area contributed by atoms with E-state index in [1.807, 2.05) is 19.1 Å². The highest BCUT2D eigenvalue weighted by Gasteiger charge is 2.32. The van der Waals surface area contributed by atoms with Crippen molar-refractivity contribution in [2.45, 2.75) is 19.9 Å². The van der Waals surface area contributed by atoms with Gasteiger partial charge in [-0.05, 0) is 45.1 Å². The van der Waals surface area contributed by atoms with E-state index in [0.717, 1.165) is 18.8 Å². The Labute approximate surface area is 127 Å². The molecule has 1 fully saturated rings. The third kappa shape index (κ3) is 3.29. The number of nitrogens with one attached hydrogen (secondary N) is 1. The van der Waals surface area contributed by atoms with Gasteiger partial charge in [0.25, 0.3) is 5.91 Å². The van der Waals surface area contributed by atoms with Crippen LogP contribution in [0.5, 0.6) is 0 Å². The summed E-state index contributed by atoms with van der Waals surface area (Å²) in [5.41, 5.74) is 8.27. The van der Waals surface area contributed by atoms with Gasteiger partial charge in [-0.3, -0.25) is 4.79 Å². The van der Waals surface area contributed by atoms with E-state index in [0.29, 0.717) is 29.8 Å². The third-order valence-electron chi connectivity index (χ3n) is 4.18. The lowest BCUT2D eigenvalue weighted by Gasteiger charge is -2.24. The number of hydrogen-bond acceptors (Lipinski definition) is 4. The molecule has 1 aliphatic rings. The molecule has 1 heterocycles. The van der Waals surface area contributed by atoms with Gasteiger partial charge in [0.15, 0.2) is 0 Å². The van der Waals surface area contributed by atoms with Crippen LogP contribution in [0.15, 0.2) is 18.2 Å². The maximum atomic E-state index is 12.2. The number of anilines is 2. The first-order valence-electron chi connectivity index (χ1n) is 7.53. The second-order valence-electron chi connectivity index (χ2n) is 6.05. The first-order valence-corrected chi connectivity index (χ1v) is 7.53. The van der Waals surface area contributed by atoms with E-state index in [2.05, 4.69) is 36.1 Å². The summed E-state index contributed by atoms with van der Waals surface area (Å²) in [4.78, 5) is 16.8. The van der Waals surface area contributed by atoms with E-state index in [-0.39, 0.29) is 5.91 Å². The fourth-order valence-electron chi connectivity index (χ4n) is 3.08. The molecule has 1 aromatic carbocycles. The number of carbonyl (C=O) groups excluding carboxylic acids is 1. The standard InChI is InChI=1S/C16H26N4O/c1-5-18-16(21)13-7-6-12(17)8-14(13)20-9-11(2)15(10-20)19(3)4/h6-8,11,15H,5,9-10,17H2,1-4H3,(H,18,21). The number of likely N-dealkylation sites (N-methyl/N-ethyl adjacent to an activating group) is 1. The van der Waals surface area contributed by atoms with Gasteiger partial charge in [0.1, 0.15) is 0 Å². The summed E-state index contributed by atoms with van der Waals surface area (Å²) in [6, 6.07) is 6.02. The zero-order valence-corrected chi connectivity index (χ0v) is 13.4. The Bertz CT molecular complexity index is 515. The molecule has 5 heteroatoms. The number of nitrogen functional groups attached to an aromatic ring is 1. The maximum Gasteiger partial charge on any atom is 0.253 e. The van der Waals surface area contributed by atoms with Crippen molar-refractivity contribution in [3.63, 3.8) is 0 Å². The molecule has 2 atom stereocenters. The van der Waals surface area contributed by atoms with Crippen LogP contribution in [-0.2, 0) is 0 Å². The minimum absolute atomic E-state index is 0.0338. The molecule has 0 aromatic heterocycles. The van der Waals surface area contributed by atoms with Crippen molar-refractivity contribution < 1.29 is 4.79 Å². The highest BCUT2D eigenvalue weighted by atomic mass is 16.1. The van der Waals surface area contributed by atoms with Crippen LogP contribution in [0.25, 0.3) is 0 Å². The summed E-state index contributed by atoms with van der Waals surface area (Å²) in [6.07, 6.45) is 0. The lowest BCUT2D eigenvalue weighted by molar-refractivity contribution is 0.0956. The van der Waals surface area contributed by atoms with E-state index in [9.17, 15) is 4.79 Å². The number of rotatable bonds is 4. The predicted molar refractivity (Wildman–Crippen MR) is 87.7 cm³/mol. The molecular formula is C16H26N4O. The van der Waals surface area contributed by atoms with E-state index < -0.39 is 0 Å². The SMILES string of the molecule is CCNC(=O)c1ccc(N)cc1N1CC(C)C(N(C)C)C1. The minimum atomic E-state index is -0.0338. The normalized spacial score (nSPS) is 21.9. The first-order chi connectivity index (χ1) is 9.93. The van der Waals surface area contributed by atoms with E-state index in [4.69, 9.17) is 5.73 Å². The molecule has 1 saturated heterocycles. The highest BCUT2D eigenvalue weighted by molar-refractivity contribution is 6.00. The van der Waals surface area contributed by atoms with Crippen LogP contribution >= 0.6 is 0 Å². The summed E-state index contributed by atoms with van der Waals surface area (Å²) in [5, 5.41) is 2.87. The average Bonchev–Trinajstić information content (AvgIpc) is 2.81. The molecule has 21 heavy (non-hydrogen) atoms. The van der Waals surface area contributed by atoms with Gasteiger partial charge >= 0.3 is 0 Å². The molecule has 1 amide bonds. The van der Waals surface area contributed by atoms with E-state index >= 15 is 0 Å². The van der Waals surface area contributed by atoms with Gasteiger partial charge in [-0.25, -0.2) is 0 Å². The smallest absolute Gasteiger partial charge is 0.253 e. The fourth-order valence-corrected chi connectivity index (χ4v) is 3.08. The second kappa shape index (κ2) is 6.35. The van der Waals surface area contributed by atoms with E-state index in [1.54, 1.807) is 6.07 Å². The van der Waals surface area contributed by atoms with Crippen LogP contribution in [0.3, 0.4) is 0 Å². The van der Waals surface area contributed by atoms with Crippen LogP contribution in [0.4, 0.5) is 11.4 Å². The molecule has 2 unspecified atom stereocenters. The number of carbonyl (C=O) groups is 1. The number of nitrogens with zero attached hydrogens (tertiary/aromatic N) is 2. The Balaban J connectivity index is 2.31. The number of nitrogens with two attached hydrogens (primary N) is 1. The van der Waals surface area contributed by atoms with Gasteiger partial charge in [0.2, 0.25) is 0 Å². The summed E-state index contributed by atoms with van der Waals surface area (Å²) >= 11 is 0. The van der Waals surface area contributed by atoms with Crippen molar-refractivity contribution in [2.24, 2.45) is 5.92 Å². The van der Waals surface area contributed by atoms with Crippen LogP contribution < -0.4 is 16.0 Å². The zero-order chi connectivity index (χ0) is 15.6. The van der Waals surface area contributed by atoms with Gasteiger partial charge in [0, 0.05) is 31.4 Å². The van der Waals surface area contributed by atoms with Gasteiger partial charge in [-0.1, -0.05) is 6.92 Å². The minimum Gasteiger partial charge on any atom is -0.399 e. The molecule has 0 spiro atoms. The number of amides is 1. The molecule has 3 N–H and O–H groups in total. The molecular weight excluding hydrogens is 264 g/mol. The van der Waals surface area contributed by atoms with Crippen molar-refractivity contribution in [3.05, 3.63) is 23.8 Å². The second-order valence-corrected chi connectivity index (χ2v) is 6.05. The number of hydrogen-bond donors (Lipinski definition) is 2. The van der Waals surface area contributed by atoms with Crippen LogP contribution in [0.2, 0.25) is 0 Å². The van der Waals surface area contributed by atoms with Gasteiger partial charge in [-0.2, -0.15) is 0 Å². The largest absolute Gasteiger partial charge is 0.399 e. The molecule has 5 nitrogen and oxygen atoms in total. The number of benzene rings is 1. The van der Waals surface area contributed by atoms with Gasteiger partial charge in [-0.15, -0.1) is 0 Å². The van der Waals surface area contributed by atoms with E-state index in [1.165, 1.54) is 0 Å². The molecule has 1 aromatic rings. The van der Waals surface area contributed by atoms with Gasteiger partial charge < -0.3 is 20.9 Å². The highest BCUT2D eigenvalue weighted by Crippen LogP contribution is 2.30. The zero-order valence-electron chi connectivity index (χ0n) is 13.4. The lowest BCUT2D eigenvalue weighted by Crippen LogP contribution is -2.34. The van der Waals surface area contributed by atoms with Crippen LogP contribution in [0, 0.1) is 5.92 Å². The Kier molecular flexibility index (Phi) is 4.73. The Morgan fingerprint density at radius 1 is 1.43 bits per heavy atom. The summed E-state index contributed by atoms with van der Waals surface area (Å²) in [5.74, 6) is 0.525. The first kappa shape index (κ1) is 15.6. The molecule has 0 saturated carbocycles. The van der Waals surface area contributed by atoms with Crippen LogP contribution in [0.1, 0.15) is 24.2 Å². The topological polar surface area (TPSA) is 61.6 Å². The monoisotopic (exact) mass is 290 g/mol. The quantitative estimate of drug-likeness (QED) is 0.823. The summed E-state index contributed by atoms with van der Waals surface area (Å²) in [7, 11) is 4.21. The maximum absolute atomic E-state index is 12.2. The fraction of sp³-hybridized carbons (Fsp3) is 0.562. The van der Waals surface area contributed by atoms with Crippen molar-refractivity contribution in [1.82, 2.24) is 10.2 Å². The summed E-state index contributed by atoms with van der Waals surface area (Å²) < 4.78 is 0. The summed E-state index contributed by atoms with van der Waals surface area (Å²) in [6.45, 7) is 6.67. The lowest BCUT2D eigenvalue weighted by atomic mass is 10.1. The van der Waals surface area contributed by atoms with Crippen molar-refractivity contribution in [1.29, 1.82) is 0 Å². The Morgan fingerprint density at radius 3 is 2.71 bits per heavy atom. The molecule has 0 aliphatic carbocycles. The molecule has 1 aliphatic heterocycles. The molecule has 0 bridgehead atoms.